The Labute approximate surface area is 138 Å². The molecule has 1 aromatic carbocycles. The molecule has 2 N–H and O–H groups in total. The fourth-order valence-electron chi connectivity index (χ4n) is 2.46. The second-order valence-electron chi connectivity index (χ2n) is 5.29. The largest absolute Gasteiger partial charge is 0.353 e. The fraction of sp³-hybridized carbons (Fsp3) is 0.562. The van der Waals surface area contributed by atoms with E-state index >= 15 is 0 Å². The van der Waals surface area contributed by atoms with E-state index in [1.807, 2.05) is 30.0 Å². The smallest absolute Gasteiger partial charge is 0.221 e. The molecule has 1 aromatic rings. The Hall–Kier alpha value is -0.710. The molecule has 1 heterocycles. The zero-order valence-electron chi connectivity index (χ0n) is 12.5. The first-order chi connectivity index (χ1) is 9.78. The van der Waals surface area contributed by atoms with E-state index in [1.165, 1.54) is 5.56 Å². The van der Waals surface area contributed by atoms with E-state index in [1.54, 1.807) is 0 Å². The second kappa shape index (κ2) is 10.1. The highest BCUT2D eigenvalue weighted by Gasteiger charge is 2.18. The lowest BCUT2D eigenvalue weighted by Gasteiger charge is -2.24. The van der Waals surface area contributed by atoms with Crippen LogP contribution in [0.4, 0.5) is 0 Å². The lowest BCUT2D eigenvalue weighted by atomic mass is 10.0. The Kier molecular flexibility index (Phi) is 8.81. The van der Waals surface area contributed by atoms with Crippen LogP contribution >= 0.6 is 24.2 Å². The number of halogens is 1. The van der Waals surface area contributed by atoms with Crippen molar-refractivity contribution in [1.29, 1.82) is 0 Å². The van der Waals surface area contributed by atoms with E-state index in [9.17, 15) is 4.79 Å². The Morgan fingerprint density at radius 2 is 2.19 bits per heavy atom. The maximum Gasteiger partial charge on any atom is 0.221 e. The van der Waals surface area contributed by atoms with Gasteiger partial charge in [-0.05, 0) is 18.4 Å². The van der Waals surface area contributed by atoms with Gasteiger partial charge in [0.15, 0.2) is 0 Å². The average molecular weight is 329 g/mol. The third kappa shape index (κ3) is 6.72. The summed E-state index contributed by atoms with van der Waals surface area (Å²) in [5.74, 6) is 2.37. The van der Waals surface area contributed by atoms with E-state index in [2.05, 4.69) is 29.7 Å². The molecule has 0 saturated carbocycles. The first kappa shape index (κ1) is 18.3. The SMILES string of the molecule is CCC(Cc1ccccc1)NC(=O)CC1CSCCN1.Cl. The molecule has 5 heteroatoms. The molecule has 118 valence electrons. The Bertz CT molecular complexity index is 410. The molecule has 1 fully saturated rings. The summed E-state index contributed by atoms with van der Waals surface area (Å²) < 4.78 is 0. The number of hydrogen-bond acceptors (Lipinski definition) is 3. The van der Waals surface area contributed by atoms with Crippen molar-refractivity contribution in [3.05, 3.63) is 35.9 Å². The molecule has 0 aliphatic carbocycles. The Balaban J connectivity index is 0.00000220. The van der Waals surface area contributed by atoms with Gasteiger partial charge in [-0.3, -0.25) is 4.79 Å². The van der Waals surface area contributed by atoms with Gasteiger partial charge < -0.3 is 10.6 Å². The molecule has 21 heavy (non-hydrogen) atoms. The van der Waals surface area contributed by atoms with E-state index < -0.39 is 0 Å². The van der Waals surface area contributed by atoms with Crippen molar-refractivity contribution in [3.8, 4) is 0 Å². The minimum atomic E-state index is 0. The van der Waals surface area contributed by atoms with Crippen molar-refractivity contribution in [2.45, 2.75) is 38.3 Å². The molecule has 2 atom stereocenters. The minimum Gasteiger partial charge on any atom is -0.353 e. The molecule has 2 rings (SSSR count). The highest BCUT2D eigenvalue weighted by Crippen LogP contribution is 2.11. The number of carbonyl (C=O) groups is 1. The van der Waals surface area contributed by atoms with Gasteiger partial charge in [0.25, 0.3) is 0 Å². The summed E-state index contributed by atoms with van der Waals surface area (Å²) in [7, 11) is 0. The molecule has 1 saturated heterocycles. The molecule has 0 spiro atoms. The van der Waals surface area contributed by atoms with Gasteiger partial charge in [-0.1, -0.05) is 37.3 Å². The zero-order chi connectivity index (χ0) is 14.2. The van der Waals surface area contributed by atoms with E-state index in [4.69, 9.17) is 0 Å². The highest BCUT2D eigenvalue weighted by atomic mass is 35.5. The van der Waals surface area contributed by atoms with Gasteiger partial charge in [0.05, 0.1) is 0 Å². The first-order valence-corrected chi connectivity index (χ1v) is 8.57. The topological polar surface area (TPSA) is 41.1 Å². The average Bonchev–Trinajstić information content (AvgIpc) is 2.48. The highest BCUT2D eigenvalue weighted by molar-refractivity contribution is 7.99. The van der Waals surface area contributed by atoms with E-state index in [0.717, 1.165) is 30.9 Å². The lowest BCUT2D eigenvalue weighted by Crippen LogP contribution is -2.44. The van der Waals surface area contributed by atoms with Crippen LogP contribution < -0.4 is 10.6 Å². The summed E-state index contributed by atoms with van der Waals surface area (Å²) in [5, 5.41) is 6.58. The van der Waals surface area contributed by atoms with Crippen LogP contribution in [-0.4, -0.2) is 36.0 Å². The van der Waals surface area contributed by atoms with Gasteiger partial charge in [-0.2, -0.15) is 11.8 Å². The second-order valence-corrected chi connectivity index (χ2v) is 6.44. The first-order valence-electron chi connectivity index (χ1n) is 7.42. The van der Waals surface area contributed by atoms with Crippen LogP contribution in [0.2, 0.25) is 0 Å². The van der Waals surface area contributed by atoms with Crippen LogP contribution in [0.15, 0.2) is 30.3 Å². The van der Waals surface area contributed by atoms with Gasteiger partial charge in [0.2, 0.25) is 5.91 Å². The van der Waals surface area contributed by atoms with Crippen LogP contribution in [0.3, 0.4) is 0 Å². The number of hydrogen-bond donors (Lipinski definition) is 2. The summed E-state index contributed by atoms with van der Waals surface area (Å²) in [4.78, 5) is 12.1. The van der Waals surface area contributed by atoms with Crippen LogP contribution in [0.1, 0.15) is 25.3 Å². The standard InChI is InChI=1S/C16H24N2OS.ClH/c1-2-14(10-13-6-4-3-5-7-13)18-16(19)11-15-12-20-9-8-17-15;/h3-7,14-15,17H,2,8-12H2,1H3,(H,18,19);1H. The van der Waals surface area contributed by atoms with Gasteiger partial charge >= 0.3 is 0 Å². The summed E-state index contributed by atoms with van der Waals surface area (Å²) in [6.45, 7) is 3.15. The van der Waals surface area contributed by atoms with Crippen molar-refractivity contribution in [2.24, 2.45) is 0 Å². The van der Waals surface area contributed by atoms with E-state index in [-0.39, 0.29) is 24.4 Å². The van der Waals surface area contributed by atoms with Gasteiger partial charge in [0.1, 0.15) is 0 Å². The molecule has 2 unspecified atom stereocenters. The predicted molar refractivity (Wildman–Crippen MR) is 93.3 cm³/mol. The van der Waals surface area contributed by atoms with Crippen molar-refractivity contribution < 1.29 is 4.79 Å². The van der Waals surface area contributed by atoms with Gasteiger partial charge in [-0.25, -0.2) is 0 Å². The van der Waals surface area contributed by atoms with Crippen LogP contribution in [0.25, 0.3) is 0 Å². The lowest BCUT2D eigenvalue weighted by molar-refractivity contribution is -0.122. The monoisotopic (exact) mass is 328 g/mol. The van der Waals surface area contributed by atoms with E-state index in [0.29, 0.717) is 12.5 Å². The zero-order valence-corrected chi connectivity index (χ0v) is 14.1. The summed E-state index contributed by atoms with van der Waals surface area (Å²) >= 11 is 1.93. The summed E-state index contributed by atoms with van der Waals surface area (Å²) in [6, 6.07) is 10.9. The van der Waals surface area contributed by atoms with Crippen LogP contribution in [0.5, 0.6) is 0 Å². The van der Waals surface area contributed by atoms with Gasteiger partial charge in [-0.15, -0.1) is 12.4 Å². The molecule has 0 bridgehead atoms. The summed E-state index contributed by atoms with van der Waals surface area (Å²) in [6.07, 6.45) is 2.47. The maximum absolute atomic E-state index is 12.1. The number of nitrogens with one attached hydrogen (secondary N) is 2. The Morgan fingerprint density at radius 1 is 1.43 bits per heavy atom. The number of thioether (sulfide) groups is 1. The molecule has 1 aliphatic rings. The Morgan fingerprint density at radius 3 is 2.81 bits per heavy atom. The molecule has 3 nitrogen and oxygen atoms in total. The van der Waals surface area contributed by atoms with Crippen molar-refractivity contribution >= 4 is 30.1 Å². The van der Waals surface area contributed by atoms with Crippen LogP contribution in [-0.2, 0) is 11.2 Å². The van der Waals surface area contributed by atoms with Crippen molar-refractivity contribution in [2.75, 3.05) is 18.1 Å². The quantitative estimate of drug-likeness (QED) is 0.843. The van der Waals surface area contributed by atoms with Crippen molar-refractivity contribution in [3.63, 3.8) is 0 Å². The third-order valence-electron chi connectivity index (χ3n) is 3.61. The normalized spacial score (nSPS) is 19.4. The fourth-order valence-corrected chi connectivity index (χ4v) is 3.41. The predicted octanol–water partition coefficient (Wildman–Crippen LogP) is 2.64. The van der Waals surface area contributed by atoms with Gasteiger partial charge in [0, 0.05) is 36.6 Å². The number of benzene rings is 1. The van der Waals surface area contributed by atoms with Crippen LogP contribution in [0, 0.1) is 0 Å². The number of carbonyl (C=O) groups excluding carboxylic acids is 1. The molecule has 1 aliphatic heterocycles. The third-order valence-corrected chi connectivity index (χ3v) is 4.74. The molecule has 0 radical (unpaired) electrons. The molecular weight excluding hydrogens is 304 g/mol. The summed E-state index contributed by atoms with van der Waals surface area (Å²) in [5.41, 5.74) is 1.28. The van der Waals surface area contributed by atoms with Crippen molar-refractivity contribution in [1.82, 2.24) is 10.6 Å². The minimum absolute atomic E-state index is 0. The molecular formula is C16H25ClN2OS. The maximum atomic E-state index is 12.1. The molecule has 1 amide bonds. The number of rotatable bonds is 6. The molecule has 0 aromatic heterocycles. The number of amides is 1.